The van der Waals surface area contributed by atoms with Gasteiger partial charge < -0.3 is 9.88 Å². The molecule has 0 aliphatic rings. The smallest absolute Gasteiger partial charge is 0.218 e. The summed E-state index contributed by atoms with van der Waals surface area (Å²) in [7, 11) is 3.83. The zero-order valence-corrected chi connectivity index (χ0v) is 18.1. The van der Waals surface area contributed by atoms with Crippen LogP contribution < -0.4 is 5.32 Å². The lowest BCUT2D eigenvalue weighted by atomic mass is 10.1. The molecule has 0 radical (unpaired) electrons. The maximum atomic E-state index is 4.82. The number of nitrogens with zero attached hydrogens (tertiary/aromatic N) is 8. The SMILES string of the molecule is Cc1c(-c2ccn(C)n2)cn2nc(-c3nccn3C)nc(Nc3cc(C(C)C)[nH]n3)c12. The van der Waals surface area contributed by atoms with Gasteiger partial charge in [-0.2, -0.15) is 10.2 Å². The number of fused-ring (bicyclic) bond motifs is 1. The molecule has 0 bridgehead atoms. The Hall–Kier alpha value is -3.95. The molecule has 0 atom stereocenters. The van der Waals surface area contributed by atoms with Gasteiger partial charge in [0.05, 0.1) is 5.69 Å². The van der Waals surface area contributed by atoms with Crippen molar-refractivity contribution in [3.63, 3.8) is 0 Å². The maximum absolute atomic E-state index is 4.82. The molecule has 10 heteroatoms. The summed E-state index contributed by atoms with van der Waals surface area (Å²) in [5.74, 6) is 2.91. The highest BCUT2D eigenvalue weighted by molar-refractivity contribution is 5.84. The van der Waals surface area contributed by atoms with Crippen molar-refractivity contribution in [2.24, 2.45) is 14.1 Å². The fraction of sp³-hybridized carbons (Fsp3) is 0.286. The molecule has 5 aromatic rings. The second-order valence-electron chi connectivity index (χ2n) is 7.97. The van der Waals surface area contributed by atoms with Crippen LogP contribution in [0.5, 0.6) is 0 Å². The molecule has 0 amide bonds. The summed E-state index contributed by atoms with van der Waals surface area (Å²) < 4.78 is 5.53. The van der Waals surface area contributed by atoms with Gasteiger partial charge in [-0.3, -0.25) is 9.78 Å². The molecule has 0 unspecified atom stereocenters. The molecule has 0 fully saturated rings. The molecule has 158 valence electrons. The van der Waals surface area contributed by atoms with E-state index in [0.29, 0.717) is 29.2 Å². The minimum absolute atomic E-state index is 0.349. The van der Waals surface area contributed by atoms with Crippen LogP contribution in [0.2, 0.25) is 0 Å². The van der Waals surface area contributed by atoms with E-state index in [-0.39, 0.29) is 0 Å². The standard InChI is InChI=1S/C21H24N10/c1-12(2)16-10-17(26-25-16)23-19-18-13(3)14(15-6-8-30(5)27-15)11-31(18)28-20(24-19)21-22-7-9-29(21)4/h6-12H,1-5H3,(H2,23,24,25,26,28). The van der Waals surface area contributed by atoms with Gasteiger partial charge in [-0.1, -0.05) is 13.8 Å². The molecule has 0 aliphatic heterocycles. The number of aryl methyl sites for hydroxylation is 3. The van der Waals surface area contributed by atoms with Crippen LogP contribution in [0.4, 0.5) is 11.6 Å². The Morgan fingerprint density at radius 3 is 2.61 bits per heavy atom. The highest BCUT2D eigenvalue weighted by atomic mass is 15.3. The van der Waals surface area contributed by atoms with Gasteiger partial charge in [0.1, 0.15) is 5.52 Å². The van der Waals surface area contributed by atoms with Crippen molar-refractivity contribution in [2.75, 3.05) is 5.32 Å². The summed E-state index contributed by atoms with van der Waals surface area (Å²) >= 11 is 0. The summed E-state index contributed by atoms with van der Waals surface area (Å²) in [5.41, 5.74) is 4.84. The molecule has 0 spiro atoms. The van der Waals surface area contributed by atoms with Crippen LogP contribution >= 0.6 is 0 Å². The van der Waals surface area contributed by atoms with Crippen LogP contribution in [0.1, 0.15) is 31.0 Å². The van der Waals surface area contributed by atoms with Crippen LogP contribution in [0.25, 0.3) is 28.4 Å². The number of hydrogen-bond acceptors (Lipinski definition) is 6. The van der Waals surface area contributed by atoms with E-state index in [0.717, 1.165) is 28.0 Å². The molecular formula is C21H24N10. The topological polar surface area (TPSA) is 107 Å². The van der Waals surface area contributed by atoms with Gasteiger partial charge in [-0.05, 0) is 24.5 Å². The minimum atomic E-state index is 0.349. The first-order valence-electron chi connectivity index (χ1n) is 10.1. The van der Waals surface area contributed by atoms with Crippen LogP contribution in [0.15, 0.2) is 36.9 Å². The average molecular weight is 416 g/mol. The third-order valence-electron chi connectivity index (χ3n) is 5.36. The van der Waals surface area contributed by atoms with E-state index < -0.39 is 0 Å². The molecule has 5 rings (SSSR count). The number of aromatic nitrogens is 9. The Bertz CT molecular complexity index is 1380. The van der Waals surface area contributed by atoms with E-state index in [1.807, 2.05) is 53.9 Å². The predicted molar refractivity (Wildman–Crippen MR) is 118 cm³/mol. The van der Waals surface area contributed by atoms with Gasteiger partial charge in [0.2, 0.25) is 5.82 Å². The Labute approximate surface area is 179 Å². The molecule has 0 saturated carbocycles. The van der Waals surface area contributed by atoms with E-state index in [9.17, 15) is 0 Å². The number of H-pyrrole nitrogens is 1. The van der Waals surface area contributed by atoms with Crippen molar-refractivity contribution >= 4 is 17.2 Å². The Kier molecular flexibility index (Phi) is 4.35. The Balaban J connectivity index is 1.70. The highest BCUT2D eigenvalue weighted by Crippen LogP contribution is 2.32. The molecule has 0 saturated heterocycles. The van der Waals surface area contributed by atoms with E-state index in [1.54, 1.807) is 10.9 Å². The predicted octanol–water partition coefficient (Wildman–Crippen LogP) is 3.43. The highest BCUT2D eigenvalue weighted by Gasteiger charge is 2.20. The van der Waals surface area contributed by atoms with Gasteiger partial charge in [0.25, 0.3) is 0 Å². The van der Waals surface area contributed by atoms with E-state index in [2.05, 4.69) is 46.4 Å². The number of imidazole rings is 1. The van der Waals surface area contributed by atoms with Crippen LogP contribution in [0, 0.1) is 6.92 Å². The maximum Gasteiger partial charge on any atom is 0.218 e. The number of rotatable bonds is 5. The lowest BCUT2D eigenvalue weighted by Gasteiger charge is -2.09. The van der Waals surface area contributed by atoms with Crippen molar-refractivity contribution < 1.29 is 0 Å². The van der Waals surface area contributed by atoms with Crippen molar-refractivity contribution in [3.05, 3.63) is 48.2 Å². The molecule has 0 aliphatic carbocycles. The summed E-state index contributed by atoms with van der Waals surface area (Å²) in [6.07, 6.45) is 7.52. The van der Waals surface area contributed by atoms with Gasteiger partial charge in [-0.25, -0.2) is 14.5 Å². The van der Waals surface area contributed by atoms with Gasteiger partial charge in [0.15, 0.2) is 17.5 Å². The molecule has 5 aromatic heterocycles. The van der Waals surface area contributed by atoms with E-state index in [4.69, 9.17) is 10.1 Å². The monoisotopic (exact) mass is 416 g/mol. The summed E-state index contributed by atoms with van der Waals surface area (Å²) in [6, 6.07) is 3.99. The first-order chi connectivity index (χ1) is 14.9. The second-order valence-corrected chi connectivity index (χ2v) is 7.97. The number of anilines is 2. The largest absolute Gasteiger partial charge is 0.331 e. The van der Waals surface area contributed by atoms with Crippen molar-refractivity contribution in [1.82, 2.24) is 44.1 Å². The Morgan fingerprint density at radius 1 is 1.13 bits per heavy atom. The van der Waals surface area contributed by atoms with Crippen LogP contribution in [0.3, 0.4) is 0 Å². The summed E-state index contributed by atoms with van der Waals surface area (Å²) in [6.45, 7) is 6.30. The molecule has 5 heterocycles. The summed E-state index contributed by atoms with van der Waals surface area (Å²) in [5, 5.41) is 20.2. The minimum Gasteiger partial charge on any atom is -0.331 e. The average Bonchev–Trinajstić information content (AvgIpc) is 3.50. The Morgan fingerprint density at radius 2 is 1.97 bits per heavy atom. The van der Waals surface area contributed by atoms with Gasteiger partial charge >= 0.3 is 0 Å². The second kappa shape index (κ2) is 7.08. The quantitative estimate of drug-likeness (QED) is 0.455. The number of hydrogen-bond donors (Lipinski definition) is 2. The van der Waals surface area contributed by atoms with Crippen molar-refractivity contribution in [2.45, 2.75) is 26.7 Å². The zero-order chi connectivity index (χ0) is 21.7. The van der Waals surface area contributed by atoms with Gasteiger partial charge in [0, 0.05) is 56.2 Å². The van der Waals surface area contributed by atoms with Crippen molar-refractivity contribution in [1.29, 1.82) is 0 Å². The third-order valence-corrected chi connectivity index (χ3v) is 5.36. The number of nitrogens with one attached hydrogen (secondary N) is 2. The zero-order valence-electron chi connectivity index (χ0n) is 18.1. The third kappa shape index (κ3) is 3.25. The lowest BCUT2D eigenvalue weighted by Crippen LogP contribution is -2.06. The van der Waals surface area contributed by atoms with E-state index >= 15 is 0 Å². The molecule has 10 nitrogen and oxygen atoms in total. The first kappa shape index (κ1) is 19.0. The molecule has 31 heavy (non-hydrogen) atoms. The number of aromatic amines is 1. The molecular weight excluding hydrogens is 392 g/mol. The van der Waals surface area contributed by atoms with Crippen LogP contribution in [-0.4, -0.2) is 44.1 Å². The van der Waals surface area contributed by atoms with Crippen molar-refractivity contribution in [3.8, 4) is 22.9 Å². The molecule has 0 aromatic carbocycles. The van der Waals surface area contributed by atoms with Crippen LogP contribution in [-0.2, 0) is 14.1 Å². The fourth-order valence-corrected chi connectivity index (χ4v) is 3.63. The first-order valence-corrected chi connectivity index (χ1v) is 10.1. The van der Waals surface area contributed by atoms with Gasteiger partial charge in [-0.15, -0.1) is 5.10 Å². The van der Waals surface area contributed by atoms with E-state index in [1.165, 1.54) is 0 Å². The summed E-state index contributed by atoms with van der Waals surface area (Å²) in [4.78, 5) is 9.24. The fourth-order valence-electron chi connectivity index (χ4n) is 3.63. The lowest BCUT2D eigenvalue weighted by molar-refractivity contribution is 0.770. The normalized spacial score (nSPS) is 11.7. The molecule has 2 N–H and O–H groups in total.